The fourth-order valence-corrected chi connectivity index (χ4v) is 1.79. The monoisotopic (exact) mass is 269 g/mol. The second kappa shape index (κ2) is 7.29. The van der Waals surface area contributed by atoms with E-state index in [1.54, 1.807) is 13.2 Å². The molecule has 100 valence electrons. The van der Waals surface area contributed by atoms with Crippen molar-refractivity contribution in [1.29, 1.82) is 0 Å². The summed E-state index contributed by atoms with van der Waals surface area (Å²) in [7, 11) is 1.60. The highest BCUT2D eigenvalue weighted by atomic mass is 35.5. The van der Waals surface area contributed by atoms with Crippen LogP contribution in [0, 0.1) is 0 Å². The SMILES string of the molecule is C=C(CC)COc1c(CCN)cc(Cl)cc1OC. The maximum Gasteiger partial charge on any atom is 0.164 e. The van der Waals surface area contributed by atoms with Crippen LogP contribution < -0.4 is 15.2 Å². The van der Waals surface area contributed by atoms with Gasteiger partial charge in [-0.05, 0) is 31.0 Å². The number of hydrogen-bond acceptors (Lipinski definition) is 3. The van der Waals surface area contributed by atoms with Gasteiger partial charge in [0.1, 0.15) is 6.61 Å². The van der Waals surface area contributed by atoms with E-state index in [0.717, 1.165) is 17.6 Å². The summed E-state index contributed by atoms with van der Waals surface area (Å²) in [6, 6.07) is 3.60. The van der Waals surface area contributed by atoms with E-state index >= 15 is 0 Å². The Labute approximate surface area is 114 Å². The van der Waals surface area contributed by atoms with Crippen LogP contribution in [-0.4, -0.2) is 20.3 Å². The van der Waals surface area contributed by atoms with Crippen LogP contribution in [0.4, 0.5) is 0 Å². The van der Waals surface area contributed by atoms with Crippen molar-refractivity contribution in [2.75, 3.05) is 20.3 Å². The third kappa shape index (κ3) is 3.93. The first-order valence-corrected chi connectivity index (χ1v) is 6.36. The average molecular weight is 270 g/mol. The molecule has 0 unspecified atom stereocenters. The zero-order valence-electron chi connectivity index (χ0n) is 11.0. The summed E-state index contributed by atoms with van der Waals surface area (Å²) in [5.74, 6) is 1.34. The number of nitrogens with two attached hydrogens (primary N) is 1. The Kier molecular flexibility index (Phi) is 6.02. The highest BCUT2D eigenvalue weighted by Gasteiger charge is 2.12. The van der Waals surface area contributed by atoms with Gasteiger partial charge in [0.2, 0.25) is 0 Å². The Hall–Kier alpha value is -1.19. The van der Waals surface area contributed by atoms with Gasteiger partial charge in [0.05, 0.1) is 7.11 Å². The van der Waals surface area contributed by atoms with Crippen molar-refractivity contribution < 1.29 is 9.47 Å². The molecule has 0 aliphatic carbocycles. The van der Waals surface area contributed by atoms with Gasteiger partial charge in [-0.3, -0.25) is 0 Å². The van der Waals surface area contributed by atoms with Crippen LogP contribution in [0.3, 0.4) is 0 Å². The predicted molar refractivity (Wildman–Crippen MR) is 75.7 cm³/mol. The first-order valence-electron chi connectivity index (χ1n) is 5.98. The minimum atomic E-state index is 0.478. The third-order valence-corrected chi connectivity index (χ3v) is 2.87. The quantitative estimate of drug-likeness (QED) is 0.773. The van der Waals surface area contributed by atoms with Gasteiger partial charge in [0, 0.05) is 16.7 Å². The van der Waals surface area contributed by atoms with Crippen molar-refractivity contribution in [3.63, 3.8) is 0 Å². The van der Waals surface area contributed by atoms with E-state index < -0.39 is 0 Å². The molecule has 0 amide bonds. The van der Waals surface area contributed by atoms with Gasteiger partial charge >= 0.3 is 0 Å². The Morgan fingerprint density at radius 2 is 2.17 bits per heavy atom. The molecule has 0 saturated heterocycles. The molecule has 0 spiro atoms. The third-order valence-electron chi connectivity index (χ3n) is 2.65. The smallest absolute Gasteiger partial charge is 0.164 e. The van der Waals surface area contributed by atoms with E-state index in [1.807, 2.05) is 13.0 Å². The number of methoxy groups -OCH3 is 1. The lowest BCUT2D eigenvalue weighted by Crippen LogP contribution is -2.08. The molecular weight excluding hydrogens is 250 g/mol. The van der Waals surface area contributed by atoms with Gasteiger partial charge in [0.25, 0.3) is 0 Å². The van der Waals surface area contributed by atoms with Gasteiger partial charge in [-0.15, -0.1) is 0 Å². The summed E-state index contributed by atoms with van der Waals surface area (Å²) in [6.45, 7) is 6.98. The van der Waals surface area contributed by atoms with Crippen LogP contribution in [0.2, 0.25) is 5.02 Å². The van der Waals surface area contributed by atoms with Gasteiger partial charge in [0.15, 0.2) is 11.5 Å². The Bertz CT molecular complexity index is 419. The molecule has 0 aliphatic heterocycles. The van der Waals surface area contributed by atoms with E-state index in [4.69, 9.17) is 26.8 Å². The predicted octanol–water partition coefficient (Wildman–Crippen LogP) is 3.19. The molecule has 0 aliphatic rings. The van der Waals surface area contributed by atoms with Crippen molar-refractivity contribution in [3.05, 3.63) is 34.9 Å². The lowest BCUT2D eigenvalue weighted by molar-refractivity contribution is 0.314. The van der Waals surface area contributed by atoms with Crippen molar-refractivity contribution in [2.24, 2.45) is 5.73 Å². The molecule has 1 aromatic carbocycles. The minimum Gasteiger partial charge on any atom is -0.493 e. The van der Waals surface area contributed by atoms with Gasteiger partial charge in [-0.1, -0.05) is 25.1 Å². The first-order chi connectivity index (χ1) is 8.62. The van der Waals surface area contributed by atoms with Crippen LogP contribution in [0.25, 0.3) is 0 Å². The van der Waals surface area contributed by atoms with E-state index in [9.17, 15) is 0 Å². The van der Waals surface area contributed by atoms with Crippen LogP contribution in [0.15, 0.2) is 24.3 Å². The number of rotatable bonds is 7. The van der Waals surface area contributed by atoms with E-state index in [-0.39, 0.29) is 0 Å². The van der Waals surface area contributed by atoms with Crippen molar-refractivity contribution >= 4 is 11.6 Å². The molecule has 0 bridgehead atoms. The summed E-state index contributed by atoms with van der Waals surface area (Å²) in [6.07, 6.45) is 1.59. The fourth-order valence-electron chi connectivity index (χ4n) is 1.56. The number of hydrogen-bond donors (Lipinski definition) is 1. The number of ether oxygens (including phenoxy) is 2. The largest absolute Gasteiger partial charge is 0.493 e. The number of halogens is 1. The highest BCUT2D eigenvalue weighted by Crippen LogP contribution is 2.35. The molecule has 1 aromatic rings. The molecule has 0 aromatic heterocycles. The fraction of sp³-hybridized carbons (Fsp3) is 0.429. The second-order valence-electron chi connectivity index (χ2n) is 4.03. The summed E-state index contributed by atoms with van der Waals surface area (Å²) in [5, 5.41) is 0.622. The maximum absolute atomic E-state index is 6.03. The Morgan fingerprint density at radius 1 is 1.44 bits per heavy atom. The lowest BCUT2D eigenvalue weighted by Gasteiger charge is -2.16. The molecule has 2 N–H and O–H groups in total. The van der Waals surface area contributed by atoms with E-state index in [1.165, 1.54) is 0 Å². The molecule has 1 rings (SSSR count). The normalized spacial score (nSPS) is 10.2. The van der Waals surface area contributed by atoms with Crippen molar-refractivity contribution in [3.8, 4) is 11.5 Å². The van der Waals surface area contributed by atoms with Crippen LogP contribution in [0.1, 0.15) is 18.9 Å². The highest BCUT2D eigenvalue weighted by molar-refractivity contribution is 6.30. The first kappa shape index (κ1) is 14.9. The van der Waals surface area contributed by atoms with E-state index in [0.29, 0.717) is 36.1 Å². The minimum absolute atomic E-state index is 0.478. The van der Waals surface area contributed by atoms with Gasteiger partial charge in [-0.2, -0.15) is 0 Å². The van der Waals surface area contributed by atoms with Crippen molar-refractivity contribution in [1.82, 2.24) is 0 Å². The summed E-state index contributed by atoms with van der Waals surface area (Å²) in [4.78, 5) is 0. The molecule has 0 radical (unpaired) electrons. The molecule has 0 saturated carbocycles. The Balaban J connectivity index is 3.00. The Morgan fingerprint density at radius 3 is 2.72 bits per heavy atom. The maximum atomic E-state index is 6.03. The molecular formula is C14H20ClNO2. The summed E-state index contributed by atoms with van der Waals surface area (Å²) in [5.41, 5.74) is 7.59. The lowest BCUT2D eigenvalue weighted by atomic mass is 10.1. The van der Waals surface area contributed by atoms with Gasteiger partial charge in [-0.25, -0.2) is 0 Å². The zero-order chi connectivity index (χ0) is 13.5. The molecule has 0 heterocycles. The topological polar surface area (TPSA) is 44.5 Å². The molecule has 18 heavy (non-hydrogen) atoms. The summed E-state index contributed by atoms with van der Waals surface area (Å²) >= 11 is 6.03. The number of benzene rings is 1. The zero-order valence-corrected chi connectivity index (χ0v) is 11.7. The van der Waals surface area contributed by atoms with Crippen molar-refractivity contribution in [2.45, 2.75) is 19.8 Å². The average Bonchev–Trinajstić information content (AvgIpc) is 2.36. The van der Waals surface area contributed by atoms with Crippen LogP contribution in [0.5, 0.6) is 11.5 Å². The molecule has 3 nitrogen and oxygen atoms in total. The molecule has 0 fully saturated rings. The second-order valence-corrected chi connectivity index (χ2v) is 4.46. The van der Waals surface area contributed by atoms with E-state index in [2.05, 4.69) is 6.58 Å². The molecule has 4 heteroatoms. The van der Waals surface area contributed by atoms with Crippen LogP contribution in [-0.2, 0) is 6.42 Å². The van der Waals surface area contributed by atoms with Crippen LogP contribution >= 0.6 is 11.6 Å². The van der Waals surface area contributed by atoms with Gasteiger partial charge < -0.3 is 15.2 Å². The standard InChI is InChI=1S/C14H20ClNO2/c1-4-10(2)9-18-14-11(5-6-16)7-12(15)8-13(14)17-3/h7-8H,2,4-6,9,16H2,1,3H3. The molecule has 0 atom stereocenters. The summed E-state index contributed by atoms with van der Waals surface area (Å²) < 4.78 is 11.1.